The van der Waals surface area contributed by atoms with E-state index in [0.717, 1.165) is 50.9 Å². The van der Waals surface area contributed by atoms with E-state index in [1.165, 1.54) is 6.07 Å². The second-order valence-corrected chi connectivity index (χ2v) is 6.55. The standard InChI is InChI=1S/C18H25FN2O2/c19-17-6-2-1-4-14(17)13-21-9-7-15(8-10-21)20-18(22)12-16-5-3-11-23-16/h1-2,4,6,15-16H,3,5,7-13H2,(H,20,22)/t16-/m1/s1. The third kappa shape index (κ3) is 4.75. The maximum atomic E-state index is 13.7. The van der Waals surface area contributed by atoms with Gasteiger partial charge in [0, 0.05) is 37.8 Å². The summed E-state index contributed by atoms with van der Waals surface area (Å²) < 4.78 is 19.2. The van der Waals surface area contributed by atoms with Crippen molar-refractivity contribution >= 4 is 5.91 Å². The summed E-state index contributed by atoms with van der Waals surface area (Å²) in [6, 6.07) is 7.17. The highest BCUT2D eigenvalue weighted by Crippen LogP contribution is 2.18. The van der Waals surface area contributed by atoms with Crippen molar-refractivity contribution in [3.63, 3.8) is 0 Å². The van der Waals surface area contributed by atoms with Crippen LogP contribution < -0.4 is 5.32 Å². The van der Waals surface area contributed by atoms with Crippen LogP contribution in [-0.2, 0) is 16.1 Å². The summed E-state index contributed by atoms with van der Waals surface area (Å²) in [4.78, 5) is 14.3. The molecular formula is C18H25FN2O2. The van der Waals surface area contributed by atoms with Crippen LogP contribution in [0.25, 0.3) is 0 Å². The number of hydrogen-bond donors (Lipinski definition) is 1. The van der Waals surface area contributed by atoms with Gasteiger partial charge in [-0.3, -0.25) is 9.69 Å². The van der Waals surface area contributed by atoms with Gasteiger partial charge in [-0.15, -0.1) is 0 Å². The molecule has 23 heavy (non-hydrogen) atoms. The zero-order valence-electron chi connectivity index (χ0n) is 13.5. The molecule has 0 aromatic heterocycles. The number of rotatable bonds is 5. The lowest BCUT2D eigenvalue weighted by Crippen LogP contribution is -2.45. The summed E-state index contributed by atoms with van der Waals surface area (Å²) in [5, 5.41) is 3.12. The Kier molecular flexibility index (Phi) is 5.62. The molecular weight excluding hydrogens is 295 g/mol. The Bertz CT molecular complexity index is 524. The van der Waals surface area contributed by atoms with Crippen LogP contribution in [0.3, 0.4) is 0 Å². The van der Waals surface area contributed by atoms with Crippen LogP contribution in [0.4, 0.5) is 4.39 Å². The minimum absolute atomic E-state index is 0.101. The number of ether oxygens (including phenoxy) is 1. The normalized spacial score (nSPS) is 23.1. The van der Waals surface area contributed by atoms with Crippen molar-refractivity contribution in [1.29, 1.82) is 0 Å². The van der Waals surface area contributed by atoms with Gasteiger partial charge < -0.3 is 10.1 Å². The van der Waals surface area contributed by atoms with Gasteiger partial charge in [-0.1, -0.05) is 18.2 Å². The Morgan fingerprint density at radius 3 is 2.74 bits per heavy atom. The monoisotopic (exact) mass is 320 g/mol. The van der Waals surface area contributed by atoms with Crippen molar-refractivity contribution in [2.75, 3.05) is 19.7 Å². The van der Waals surface area contributed by atoms with Crippen LogP contribution in [0.2, 0.25) is 0 Å². The Hall–Kier alpha value is -1.46. The average Bonchev–Trinajstić information content (AvgIpc) is 3.04. The minimum Gasteiger partial charge on any atom is -0.378 e. The Labute approximate surface area is 137 Å². The Morgan fingerprint density at radius 2 is 2.04 bits per heavy atom. The molecule has 2 aliphatic heterocycles. The number of carbonyl (C=O) groups is 1. The molecule has 4 nitrogen and oxygen atoms in total. The van der Waals surface area contributed by atoms with Crippen LogP contribution in [0, 0.1) is 5.82 Å². The van der Waals surface area contributed by atoms with E-state index in [1.807, 2.05) is 12.1 Å². The van der Waals surface area contributed by atoms with Gasteiger partial charge in [0.2, 0.25) is 5.91 Å². The van der Waals surface area contributed by atoms with Crippen LogP contribution in [-0.4, -0.2) is 42.6 Å². The lowest BCUT2D eigenvalue weighted by Gasteiger charge is -2.32. The first-order valence-electron chi connectivity index (χ1n) is 8.57. The highest BCUT2D eigenvalue weighted by molar-refractivity contribution is 5.76. The number of amides is 1. The number of carbonyl (C=O) groups excluding carboxylic acids is 1. The van der Waals surface area contributed by atoms with E-state index in [-0.39, 0.29) is 23.9 Å². The second kappa shape index (κ2) is 7.88. The lowest BCUT2D eigenvalue weighted by atomic mass is 10.0. The molecule has 5 heteroatoms. The molecule has 3 rings (SSSR count). The molecule has 0 unspecified atom stereocenters. The first-order valence-corrected chi connectivity index (χ1v) is 8.57. The number of benzene rings is 1. The molecule has 2 heterocycles. The predicted octanol–water partition coefficient (Wildman–Crippen LogP) is 2.48. The molecule has 126 valence electrons. The fourth-order valence-electron chi connectivity index (χ4n) is 3.40. The Morgan fingerprint density at radius 1 is 1.26 bits per heavy atom. The SMILES string of the molecule is O=C(C[C@H]1CCCO1)NC1CCN(Cc2ccccc2F)CC1. The summed E-state index contributed by atoms with van der Waals surface area (Å²) in [7, 11) is 0. The minimum atomic E-state index is -0.139. The van der Waals surface area contributed by atoms with Crippen molar-refractivity contribution < 1.29 is 13.9 Å². The summed E-state index contributed by atoms with van der Waals surface area (Å²) >= 11 is 0. The van der Waals surface area contributed by atoms with Gasteiger partial charge in [-0.05, 0) is 31.7 Å². The van der Waals surface area contributed by atoms with Crippen LogP contribution >= 0.6 is 0 Å². The zero-order valence-corrected chi connectivity index (χ0v) is 13.5. The van der Waals surface area contributed by atoms with Gasteiger partial charge in [-0.25, -0.2) is 4.39 Å². The zero-order chi connectivity index (χ0) is 16.1. The number of hydrogen-bond acceptors (Lipinski definition) is 3. The van der Waals surface area contributed by atoms with Crippen LogP contribution in [0.1, 0.15) is 37.7 Å². The summed E-state index contributed by atoms with van der Waals surface area (Å²) in [6.07, 6.45) is 4.49. The van der Waals surface area contributed by atoms with Crippen molar-refractivity contribution in [1.82, 2.24) is 10.2 Å². The number of nitrogens with one attached hydrogen (secondary N) is 1. The molecule has 1 aromatic rings. The summed E-state index contributed by atoms with van der Waals surface area (Å²) in [5.41, 5.74) is 0.744. The topological polar surface area (TPSA) is 41.6 Å². The van der Waals surface area contributed by atoms with E-state index in [0.29, 0.717) is 13.0 Å². The third-order valence-electron chi connectivity index (χ3n) is 4.74. The second-order valence-electron chi connectivity index (χ2n) is 6.55. The molecule has 1 N–H and O–H groups in total. The first kappa shape index (κ1) is 16.4. The molecule has 0 aliphatic carbocycles. The van der Waals surface area contributed by atoms with E-state index in [4.69, 9.17) is 4.74 Å². The van der Waals surface area contributed by atoms with Crippen LogP contribution in [0.5, 0.6) is 0 Å². The molecule has 1 amide bonds. The highest BCUT2D eigenvalue weighted by Gasteiger charge is 2.24. The van der Waals surface area contributed by atoms with Crippen molar-refractivity contribution in [2.45, 2.75) is 50.8 Å². The molecule has 0 saturated carbocycles. The molecule has 2 aliphatic rings. The van der Waals surface area contributed by atoms with E-state index in [2.05, 4.69) is 10.2 Å². The maximum absolute atomic E-state index is 13.7. The van der Waals surface area contributed by atoms with E-state index in [9.17, 15) is 9.18 Å². The maximum Gasteiger partial charge on any atom is 0.222 e. The molecule has 1 aromatic carbocycles. The molecule has 0 radical (unpaired) electrons. The molecule has 0 spiro atoms. The number of piperidine rings is 1. The lowest BCUT2D eigenvalue weighted by molar-refractivity contribution is -0.124. The fourth-order valence-corrected chi connectivity index (χ4v) is 3.40. The number of likely N-dealkylation sites (tertiary alicyclic amines) is 1. The third-order valence-corrected chi connectivity index (χ3v) is 4.74. The molecule has 0 bridgehead atoms. The molecule has 2 fully saturated rings. The highest BCUT2D eigenvalue weighted by atomic mass is 19.1. The predicted molar refractivity (Wildman–Crippen MR) is 86.4 cm³/mol. The first-order chi connectivity index (χ1) is 11.2. The number of nitrogens with zero attached hydrogens (tertiary/aromatic N) is 1. The fraction of sp³-hybridized carbons (Fsp3) is 0.611. The molecule has 2 saturated heterocycles. The van der Waals surface area contributed by atoms with Gasteiger partial charge >= 0.3 is 0 Å². The smallest absolute Gasteiger partial charge is 0.222 e. The van der Waals surface area contributed by atoms with Gasteiger partial charge in [0.15, 0.2) is 0 Å². The van der Waals surface area contributed by atoms with Gasteiger partial charge in [-0.2, -0.15) is 0 Å². The van der Waals surface area contributed by atoms with Gasteiger partial charge in [0.1, 0.15) is 5.82 Å². The van der Waals surface area contributed by atoms with Crippen LogP contribution in [0.15, 0.2) is 24.3 Å². The van der Waals surface area contributed by atoms with Crippen molar-refractivity contribution in [3.8, 4) is 0 Å². The average molecular weight is 320 g/mol. The summed E-state index contributed by atoms with van der Waals surface area (Å²) in [6.45, 7) is 3.20. The largest absolute Gasteiger partial charge is 0.378 e. The van der Waals surface area contributed by atoms with Gasteiger partial charge in [0.05, 0.1) is 12.5 Å². The van der Waals surface area contributed by atoms with E-state index >= 15 is 0 Å². The molecule has 1 atom stereocenters. The summed E-state index contributed by atoms with van der Waals surface area (Å²) in [5.74, 6) is -0.0380. The van der Waals surface area contributed by atoms with Crippen molar-refractivity contribution in [3.05, 3.63) is 35.6 Å². The van der Waals surface area contributed by atoms with E-state index in [1.54, 1.807) is 6.07 Å². The Balaban J connectivity index is 1.40. The van der Waals surface area contributed by atoms with E-state index < -0.39 is 0 Å². The quantitative estimate of drug-likeness (QED) is 0.906. The van der Waals surface area contributed by atoms with Gasteiger partial charge in [0.25, 0.3) is 0 Å². The number of halogens is 1. The van der Waals surface area contributed by atoms with Crippen molar-refractivity contribution in [2.24, 2.45) is 0 Å².